The molecule has 2 aromatic carbocycles. The molecule has 0 saturated carbocycles. The number of nitriles is 1. The highest BCUT2D eigenvalue weighted by Gasteiger charge is 2.21. The quantitative estimate of drug-likeness (QED) is 0.715. The van der Waals surface area contributed by atoms with E-state index in [2.05, 4.69) is 5.32 Å². The molecular weight excluding hydrogens is 406 g/mol. The molecule has 0 unspecified atom stereocenters. The van der Waals surface area contributed by atoms with Crippen molar-refractivity contribution in [3.63, 3.8) is 0 Å². The van der Waals surface area contributed by atoms with Gasteiger partial charge in [0.25, 0.3) is 5.91 Å². The Morgan fingerprint density at radius 2 is 1.82 bits per heavy atom. The number of esters is 1. The van der Waals surface area contributed by atoms with E-state index >= 15 is 0 Å². The minimum atomic E-state index is -3.79. The molecule has 0 spiro atoms. The number of carbonyl (C=O) groups is 2. The number of sulfonamides is 1. The number of halogens is 1. The third-order valence-corrected chi connectivity index (χ3v) is 5.85. The van der Waals surface area contributed by atoms with E-state index in [1.54, 1.807) is 0 Å². The van der Waals surface area contributed by atoms with E-state index in [-0.39, 0.29) is 21.2 Å². The number of benzene rings is 2. The normalized spacial score (nSPS) is 11.0. The first kappa shape index (κ1) is 21.4. The van der Waals surface area contributed by atoms with Gasteiger partial charge < -0.3 is 10.1 Å². The predicted octanol–water partition coefficient (Wildman–Crippen LogP) is 2.26. The third-order valence-electron chi connectivity index (χ3n) is 3.56. The number of hydrogen-bond acceptors (Lipinski definition) is 6. The van der Waals surface area contributed by atoms with Crippen LogP contribution in [-0.4, -0.2) is 45.3 Å². The average molecular weight is 422 g/mol. The summed E-state index contributed by atoms with van der Waals surface area (Å²) in [4.78, 5) is 23.8. The van der Waals surface area contributed by atoms with Crippen molar-refractivity contribution in [2.45, 2.75) is 4.90 Å². The van der Waals surface area contributed by atoms with Gasteiger partial charge in [-0.1, -0.05) is 11.6 Å². The fraction of sp³-hybridized carbons (Fsp3) is 0.167. The molecule has 8 nitrogen and oxygen atoms in total. The predicted molar refractivity (Wildman–Crippen MR) is 102 cm³/mol. The second kappa shape index (κ2) is 8.84. The Morgan fingerprint density at radius 3 is 2.39 bits per heavy atom. The Bertz CT molecular complexity index is 1040. The molecule has 0 fully saturated rings. The van der Waals surface area contributed by atoms with Crippen molar-refractivity contribution in [3.05, 3.63) is 58.6 Å². The smallest absolute Gasteiger partial charge is 0.338 e. The molecule has 146 valence electrons. The number of amides is 1. The van der Waals surface area contributed by atoms with Gasteiger partial charge in [0.05, 0.1) is 22.2 Å². The van der Waals surface area contributed by atoms with Gasteiger partial charge in [0.2, 0.25) is 10.0 Å². The van der Waals surface area contributed by atoms with Crippen molar-refractivity contribution in [2.75, 3.05) is 26.0 Å². The molecule has 28 heavy (non-hydrogen) atoms. The zero-order chi connectivity index (χ0) is 20.9. The second-order valence-electron chi connectivity index (χ2n) is 5.75. The molecule has 10 heteroatoms. The van der Waals surface area contributed by atoms with E-state index < -0.39 is 28.5 Å². The van der Waals surface area contributed by atoms with Gasteiger partial charge in [-0.3, -0.25) is 4.79 Å². The van der Waals surface area contributed by atoms with Crippen molar-refractivity contribution < 1.29 is 22.7 Å². The molecular formula is C18H16ClN3O5S. The van der Waals surface area contributed by atoms with Gasteiger partial charge in [-0.15, -0.1) is 0 Å². The highest BCUT2D eigenvalue weighted by molar-refractivity contribution is 7.89. The lowest BCUT2D eigenvalue weighted by Gasteiger charge is -2.14. The first-order valence-corrected chi connectivity index (χ1v) is 9.66. The Hall–Kier alpha value is -2.93. The zero-order valence-electron chi connectivity index (χ0n) is 15.0. The van der Waals surface area contributed by atoms with Crippen LogP contribution in [0.4, 0.5) is 5.69 Å². The molecule has 1 N–H and O–H groups in total. The van der Waals surface area contributed by atoms with Crippen molar-refractivity contribution in [1.29, 1.82) is 5.26 Å². The summed E-state index contributed by atoms with van der Waals surface area (Å²) in [5, 5.41) is 11.2. The molecule has 0 heterocycles. The van der Waals surface area contributed by atoms with Gasteiger partial charge in [0.1, 0.15) is 4.90 Å². The van der Waals surface area contributed by atoms with Crippen LogP contribution in [0.2, 0.25) is 5.02 Å². The molecule has 2 aromatic rings. The number of anilines is 1. The number of hydrogen-bond donors (Lipinski definition) is 1. The van der Waals surface area contributed by atoms with Crippen LogP contribution in [0.15, 0.2) is 47.4 Å². The van der Waals surface area contributed by atoms with Crippen LogP contribution in [-0.2, 0) is 19.6 Å². The molecule has 0 aromatic heterocycles. The maximum absolute atomic E-state index is 12.2. The van der Waals surface area contributed by atoms with Crippen molar-refractivity contribution >= 4 is 39.2 Å². The number of nitrogens with zero attached hydrogens (tertiary/aromatic N) is 2. The number of nitrogens with one attached hydrogen (secondary N) is 1. The van der Waals surface area contributed by atoms with Crippen molar-refractivity contribution in [1.82, 2.24) is 4.31 Å². The van der Waals surface area contributed by atoms with Gasteiger partial charge in [0, 0.05) is 19.8 Å². The first-order valence-electron chi connectivity index (χ1n) is 7.84. The average Bonchev–Trinajstić information content (AvgIpc) is 2.67. The third kappa shape index (κ3) is 5.07. The van der Waals surface area contributed by atoms with Crippen LogP contribution in [0.3, 0.4) is 0 Å². The minimum Gasteiger partial charge on any atom is -0.452 e. The van der Waals surface area contributed by atoms with E-state index in [4.69, 9.17) is 21.6 Å². The van der Waals surface area contributed by atoms with E-state index in [1.165, 1.54) is 56.6 Å². The topological polar surface area (TPSA) is 117 Å². The van der Waals surface area contributed by atoms with Crippen LogP contribution < -0.4 is 5.32 Å². The summed E-state index contributed by atoms with van der Waals surface area (Å²) in [6.07, 6.45) is 0. The minimum absolute atomic E-state index is 0.0129. The van der Waals surface area contributed by atoms with Crippen molar-refractivity contribution in [3.8, 4) is 6.07 Å². The summed E-state index contributed by atoms with van der Waals surface area (Å²) in [7, 11) is -1.07. The summed E-state index contributed by atoms with van der Waals surface area (Å²) in [6.45, 7) is -0.572. The van der Waals surface area contributed by atoms with Crippen LogP contribution in [0, 0.1) is 11.3 Å². The monoisotopic (exact) mass is 421 g/mol. The van der Waals surface area contributed by atoms with Gasteiger partial charge in [-0.05, 0) is 42.5 Å². The fourth-order valence-electron chi connectivity index (χ4n) is 2.07. The number of ether oxygens (including phenoxy) is 1. The zero-order valence-corrected chi connectivity index (χ0v) is 16.5. The molecule has 1 amide bonds. The SMILES string of the molecule is CN(C)S(=O)(=O)c1cc(NC(=O)COC(=O)c2ccc(C#N)cc2)ccc1Cl. The van der Waals surface area contributed by atoms with Crippen LogP contribution in [0.25, 0.3) is 0 Å². The van der Waals surface area contributed by atoms with Crippen molar-refractivity contribution in [2.24, 2.45) is 0 Å². The Morgan fingerprint density at radius 1 is 1.18 bits per heavy atom. The highest BCUT2D eigenvalue weighted by atomic mass is 35.5. The Balaban J connectivity index is 2.03. The van der Waals surface area contributed by atoms with Gasteiger partial charge in [-0.2, -0.15) is 5.26 Å². The fourth-order valence-corrected chi connectivity index (χ4v) is 3.46. The Kier molecular flexibility index (Phi) is 6.75. The molecule has 0 radical (unpaired) electrons. The molecule has 0 aliphatic carbocycles. The summed E-state index contributed by atoms with van der Waals surface area (Å²) in [5.41, 5.74) is 0.766. The lowest BCUT2D eigenvalue weighted by molar-refractivity contribution is -0.119. The summed E-state index contributed by atoms with van der Waals surface area (Å²) in [6, 6.07) is 11.7. The van der Waals surface area contributed by atoms with Crippen LogP contribution >= 0.6 is 11.6 Å². The maximum atomic E-state index is 12.2. The van der Waals surface area contributed by atoms with E-state index in [9.17, 15) is 18.0 Å². The molecule has 0 aliphatic rings. The highest BCUT2D eigenvalue weighted by Crippen LogP contribution is 2.26. The molecule has 0 saturated heterocycles. The summed E-state index contributed by atoms with van der Waals surface area (Å²) in [5.74, 6) is -1.39. The standard InChI is InChI=1S/C18H16ClN3O5S/c1-22(2)28(25,26)16-9-14(7-8-15(16)19)21-17(23)11-27-18(24)13-5-3-12(10-20)4-6-13/h3-9H,11H2,1-2H3,(H,21,23). The lowest BCUT2D eigenvalue weighted by atomic mass is 10.1. The Labute approximate surface area is 167 Å². The maximum Gasteiger partial charge on any atom is 0.338 e. The lowest BCUT2D eigenvalue weighted by Crippen LogP contribution is -2.23. The van der Waals surface area contributed by atoms with Gasteiger partial charge in [-0.25, -0.2) is 17.5 Å². The number of carbonyl (C=O) groups excluding carboxylic acids is 2. The van der Waals surface area contributed by atoms with E-state index in [0.717, 1.165) is 4.31 Å². The first-order chi connectivity index (χ1) is 13.1. The molecule has 0 atom stereocenters. The van der Waals surface area contributed by atoms with Crippen LogP contribution in [0.5, 0.6) is 0 Å². The largest absolute Gasteiger partial charge is 0.452 e. The number of rotatable bonds is 6. The molecule has 0 aliphatic heterocycles. The van der Waals surface area contributed by atoms with Crippen LogP contribution in [0.1, 0.15) is 15.9 Å². The molecule has 0 bridgehead atoms. The van der Waals surface area contributed by atoms with Gasteiger partial charge in [0.15, 0.2) is 6.61 Å². The summed E-state index contributed by atoms with van der Waals surface area (Å²) < 4.78 is 30.4. The van der Waals surface area contributed by atoms with E-state index in [1.807, 2.05) is 6.07 Å². The second-order valence-corrected chi connectivity index (χ2v) is 8.27. The molecule has 2 rings (SSSR count). The van der Waals surface area contributed by atoms with E-state index in [0.29, 0.717) is 5.56 Å². The van der Waals surface area contributed by atoms with Gasteiger partial charge >= 0.3 is 5.97 Å². The summed E-state index contributed by atoms with van der Waals surface area (Å²) >= 11 is 5.95.